The van der Waals surface area contributed by atoms with E-state index in [1.54, 1.807) is 27.6 Å². The van der Waals surface area contributed by atoms with E-state index in [2.05, 4.69) is 10.1 Å². The molecular formula is C22H27FN4O3. The average molecular weight is 414 g/mol. The maximum atomic E-state index is 12.9. The molecule has 7 nitrogen and oxygen atoms in total. The topological polar surface area (TPSA) is 80.0 Å². The molecule has 0 saturated carbocycles. The molecule has 0 fully saturated rings. The van der Waals surface area contributed by atoms with Crippen LogP contribution < -0.4 is 4.74 Å². The summed E-state index contributed by atoms with van der Waals surface area (Å²) in [7, 11) is 0. The van der Waals surface area contributed by atoms with Crippen molar-refractivity contribution in [1.29, 1.82) is 0 Å². The average Bonchev–Trinajstić information content (AvgIpc) is 3.11. The molecule has 0 radical (unpaired) electrons. The second kappa shape index (κ2) is 9.67. The number of halogens is 1. The molecule has 0 bridgehead atoms. The Balaban J connectivity index is 2.11. The summed E-state index contributed by atoms with van der Waals surface area (Å²) in [6.45, 7) is 6.24. The second-order valence-electron chi connectivity index (χ2n) is 6.91. The molecule has 8 heteroatoms. The Hall–Kier alpha value is -3.00. The molecule has 0 saturated heterocycles. The van der Waals surface area contributed by atoms with E-state index in [0.29, 0.717) is 41.4 Å². The van der Waals surface area contributed by atoms with Crippen LogP contribution in [0.5, 0.6) is 5.75 Å². The molecule has 1 N–H and O–H groups in total. The number of aryl methyl sites for hydroxylation is 1. The van der Waals surface area contributed by atoms with Crippen molar-refractivity contribution in [2.75, 3.05) is 26.4 Å². The zero-order chi connectivity index (χ0) is 21.7. The number of hydrogen-bond acceptors (Lipinski definition) is 5. The molecule has 1 amide bonds. The lowest BCUT2D eigenvalue weighted by Gasteiger charge is -2.18. The number of ether oxygens (including phenoxy) is 1. The lowest BCUT2D eigenvalue weighted by Crippen LogP contribution is -2.31. The van der Waals surface area contributed by atoms with Crippen LogP contribution in [0.25, 0.3) is 16.9 Å². The standard InChI is InChI=1S/C22H27FN4O3/c1-4-26(5-2)20(29)13-19-21(16-6-8-18(9-7-16)30-11-10-23)25-27-17(14-28)12-15(3)24-22(19)27/h6-9,12,28H,4-5,10-11,13-14H2,1-3H3. The van der Waals surface area contributed by atoms with Crippen LogP contribution in [0, 0.1) is 6.92 Å². The number of carbonyl (C=O) groups excluding carboxylic acids is 1. The van der Waals surface area contributed by atoms with Crippen molar-refractivity contribution in [3.05, 3.63) is 47.3 Å². The molecular weight excluding hydrogens is 387 g/mol. The van der Waals surface area contributed by atoms with Crippen molar-refractivity contribution in [1.82, 2.24) is 19.5 Å². The maximum Gasteiger partial charge on any atom is 0.227 e. The Bertz CT molecular complexity index is 1010. The number of carbonyl (C=O) groups is 1. The third-order valence-electron chi connectivity index (χ3n) is 4.97. The fourth-order valence-electron chi connectivity index (χ4n) is 3.47. The Labute approximate surface area is 175 Å². The van der Waals surface area contributed by atoms with Gasteiger partial charge in [-0.05, 0) is 51.1 Å². The van der Waals surface area contributed by atoms with Crippen LogP contribution in [0.2, 0.25) is 0 Å². The number of hydrogen-bond donors (Lipinski definition) is 1. The van der Waals surface area contributed by atoms with Crippen LogP contribution in [0.15, 0.2) is 30.3 Å². The molecule has 0 aliphatic heterocycles. The van der Waals surface area contributed by atoms with Gasteiger partial charge < -0.3 is 14.7 Å². The van der Waals surface area contributed by atoms with E-state index in [1.807, 2.05) is 32.9 Å². The summed E-state index contributed by atoms with van der Waals surface area (Å²) in [6, 6.07) is 8.92. The highest BCUT2D eigenvalue weighted by atomic mass is 19.1. The number of rotatable bonds is 9. The van der Waals surface area contributed by atoms with Crippen LogP contribution >= 0.6 is 0 Å². The van der Waals surface area contributed by atoms with Crippen molar-refractivity contribution in [2.45, 2.75) is 33.8 Å². The third-order valence-corrected chi connectivity index (χ3v) is 4.97. The van der Waals surface area contributed by atoms with Gasteiger partial charge in [-0.15, -0.1) is 0 Å². The van der Waals surface area contributed by atoms with Crippen LogP contribution in [0.1, 0.15) is 30.8 Å². The Morgan fingerprint density at radius 3 is 2.53 bits per heavy atom. The van der Waals surface area contributed by atoms with Crippen molar-refractivity contribution < 1.29 is 19.0 Å². The Kier molecular flexibility index (Phi) is 6.99. The Morgan fingerprint density at radius 1 is 1.23 bits per heavy atom. The molecule has 3 aromatic rings. The van der Waals surface area contributed by atoms with E-state index in [4.69, 9.17) is 4.74 Å². The predicted molar refractivity (Wildman–Crippen MR) is 112 cm³/mol. The molecule has 2 aromatic heterocycles. The van der Waals surface area contributed by atoms with Crippen LogP contribution in [-0.4, -0.2) is 56.9 Å². The summed E-state index contributed by atoms with van der Waals surface area (Å²) in [4.78, 5) is 19.2. The summed E-state index contributed by atoms with van der Waals surface area (Å²) in [5.41, 5.74) is 4.03. The first kappa shape index (κ1) is 21.7. The second-order valence-corrected chi connectivity index (χ2v) is 6.91. The van der Waals surface area contributed by atoms with Gasteiger partial charge in [-0.3, -0.25) is 4.79 Å². The fourth-order valence-corrected chi connectivity index (χ4v) is 3.47. The highest BCUT2D eigenvalue weighted by molar-refractivity contribution is 5.84. The van der Waals surface area contributed by atoms with E-state index in [9.17, 15) is 14.3 Å². The summed E-state index contributed by atoms with van der Waals surface area (Å²) in [6.07, 6.45) is 0.155. The quantitative estimate of drug-likeness (QED) is 0.582. The summed E-state index contributed by atoms with van der Waals surface area (Å²) < 4.78 is 19.2. The number of nitrogens with zero attached hydrogens (tertiary/aromatic N) is 4. The molecule has 0 aliphatic rings. The molecule has 3 rings (SSSR count). The number of likely N-dealkylation sites (N-methyl/N-ethyl adjacent to an activating group) is 1. The van der Waals surface area contributed by atoms with Crippen molar-refractivity contribution in [3.8, 4) is 17.0 Å². The van der Waals surface area contributed by atoms with E-state index in [-0.39, 0.29) is 25.5 Å². The largest absolute Gasteiger partial charge is 0.491 e. The number of benzene rings is 1. The number of alkyl halides is 1. The smallest absolute Gasteiger partial charge is 0.227 e. The lowest BCUT2D eigenvalue weighted by molar-refractivity contribution is -0.130. The maximum absolute atomic E-state index is 12.9. The van der Waals surface area contributed by atoms with Crippen molar-refractivity contribution in [2.24, 2.45) is 0 Å². The summed E-state index contributed by atoms with van der Waals surface area (Å²) in [5, 5.41) is 14.5. The molecule has 30 heavy (non-hydrogen) atoms. The number of amides is 1. The Morgan fingerprint density at radius 2 is 1.93 bits per heavy atom. The van der Waals surface area contributed by atoms with Gasteiger partial charge in [-0.2, -0.15) is 5.10 Å². The van der Waals surface area contributed by atoms with Gasteiger partial charge in [0.25, 0.3) is 0 Å². The number of aliphatic hydroxyl groups is 1. The minimum absolute atomic E-state index is 0.000387. The number of aromatic nitrogens is 3. The van der Waals surface area contributed by atoms with E-state index >= 15 is 0 Å². The third kappa shape index (κ3) is 4.43. The van der Waals surface area contributed by atoms with E-state index in [0.717, 1.165) is 11.3 Å². The van der Waals surface area contributed by atoms with Crippen molar-refractivity contribution in [3.63, 3.8) is 0 Å². The highest BCUT2D eigenvalue weighted by Gasteiger charge is 2.22. The van der Waals surface area contributed by atoms with Gasteiger partial charge >= 0.3 is 0 Å². The number of fused-ring (bicyclic) bond motifs is 1. The van der Waals surface area contributed by atoms with Gasteiger partial charge in [-0.1, -0.05) is 0 Å². The highest BCUT2D eigenvalue weighted by Crippen LogP contribution is 2.29. The summed E-state index contributed by atoms with van der Waals surface area (Å²) >= 11 is 0. The van der Waals surface area contributed by atoms with Gasteiger partial charge in [0.15, 0.2) is 5.65 Å². The lowest BCUT2D eigenvalue weighted by atomic mass is 10.0. The van der Waals surface area contributed by atoms with E-state index in [1.165, 1.54) is 0 Å². The molecule has 1 aromatic carbocycles. The first-order valence-corrected chi connectivity index (χ1v) is 10.1. The molecule has 160 valence electrons. The van der Waals surface area contributed by atoms with Crippen LogP contribution in [-0.2, 0) is 17.8 Å². The monoisotopic (exact) mass is 414 g/mol. The molecule has 0 aliphatic carbocycles. The molecule has 0 spiro atoms. The van der Waals surface area contributed by atoms with Gasteiger partial charge in [-0.25, -0.2) is 13.9 Å². The fraction of sp³-hybridized carbons (Fsp3) is 0.409. The van der Waals surface area contributed by atoms with Gasteiger partial charge in [0, 0.05) is 29.9 Å². The van der Waals surface area contributed by atoms with Gasteiger partial charge in [0.05, 0.1) is 24.4 Å². The van der Waals surface area contributed by atoms with Gasteiger partial charge in [0.1, 0.15) is 19.0 Å². The SMILES string of the molecule is CCN(CC)C(=O)Cc1c(-c2ccc(OCCF)cc2)nn2c(CO)cc(C)nc12. The summed E-state index contributed by atoms with van der Waals surface area (Å²) in [5.74, 6) is 0.554. The molecule has 0 atom stereocenters. The molecule has 0 unspecified atom stereocenters. The zero-order valence-corrected chi connectivity index (χ0v) is 17.6. The number of aliphatic hydroxyl groups excluding tert-OH is 1. The van der Waals surface area contributed by atoms with Crippen LogP contribution in [0.3, 0.4) is 0 Å². The minimum Gasteiger partial charge on any atom is -0.491 e. The minimum atomic E-state index is -0.555. The normalized spacial score (nSPS) is 11.1. The predicted octanol–water partition coefficient (Wildman–Crippen LogP) is 2.96. The molecule has 2 heterocycles. The van der Waals surface area contributed by atoms with Crippen molar-refractivity contribution >= 4 is 11.6 Å². The van der Waals surface area contributed by atoms with E-state index < -0.39 is 6.67 Å². The van der Waals surface area contributed by atoms with Gasteiger partial charge in [0.2, 0.25) is 5.91 Å². The zero-order valence-electron chi connectivity index (χ0n) is 17.6. The first-order chi connectivity index (χ1) is 14.5. The van der Waals surface area contributed by atoms with Crippen LogP contribution in [0.4, 0.5) is 4.39 Å². The first-order valence-electron chi connectivity index (χ1n) is 10.1.